The minimum absolute atomic E-state index is 0.0900. The quantitative estimate of drug-likeness (QED) is 0.844. The van der Waals surface area contributed by atoms with Gasteiger partial charge in [-0.3, -0.25) is 9.59 Å². The summed E-state index contributed by atoms with van der Waals surface area (Å²) in [5.41, 5.74) is 2.45. The van der Waals surface area contributed by atoms with E-state index < -0.39 is 0 Å². The molecule has 0 aromatic carbocycles. The van der Waals surface area contributed by atoms with E-state index in [2.05, 4.69) is 5.32 Å². The zero-order valence-electron chi connectivity index (χ0n) is 9.34. The molecule has 0 saturated carbocycles. The van der Waals surface area contributed by atoms with Crippen LogP contribution in [0.15, 0.2) is 29.1 Å². The summed E-state index contributed by atoms with van der Waals surface area (Å²) < 4.78 is 1.85. The van der Waals surface area contributed by atoms with E-state index in [0.29, 0.717) is 12.2 Å². The third-order valence-corrected chi connectivity index (χ3v) is 3.17. The van der Waals surface area contributed by atoms with E-state index in [0.717, 1.165) is 17.5 Å². The first-order valence-electron chi connectivity index (χ1n) is 5.13. The number of nitrogens with one attached hydrogen (secondary N) is 1. The molecular formula is C12H12N2O2S. The van der Waals surface area contributed by atoms with Crippen molar-refractivity contribution < 1.29 is 9.59 Å². The molecule has 0 atom stereocenters. The molecule has 0 aliphatic carbocycles. The molecule has 2 rings (SSSR count). The Morgan fingerprint density at radius 1 is 1.53 bits per heavy atom. The van der Waals surface area contributed by atoms with Gasteiger partial charge in [0.2, 0.25) is 5.91 Å². The van der Waals surface area contributed by atoms with Crippen molar-refractivity contribution in [3.63, 3.8) is 0 Å². The second-order valence-corrected chi connectivity index (χ2v) is 4.41. The SMILES string of the molecule is CC(=O)Nc1cscc1Cn1cccc1C=O. The summed E-state index contributed by atoms with van der Waals surface area (Å²) in [6, 6.07) is 3.59. The lowest BCUT2D eigenvalue weighted by molar-refractivity contribution is -0.114. The van der Waals surface area contributed by atoms with Crippen molar-refractivity contribution in [2.45, 2.75) is 13.5 Å². The molecule has 4 nitrogen and oxygen atoms in total. The lowest BCUT2D eigenvalue weighted by Gasteiger charge is -2.07. The van der Waals surface area contributed by atoms with Crippen LogP contribution in [0.2, 0.25) is 0 Å². The molecular weight excluding hydrogens is 236 g/mol. The van der Waals surface area contributed by atoms with E-state index in [4.69, 9.17) is 0 Å². The highest BCUT2D eigenvalue weighted by atomic mass is 32.1. The maximum Gasteiger partial charge on any atom is 0.221 e. The van der Waals surface area contributed by atoms with Crippen molar-refractivity contribution in [1.29, 1.82) is 0 Å². The number of rotatable bonds is 4. The van der Waals surface area contributed by atoms with Gasteiger partial charge in [0, 0.05) is 24.1 Å². The van der Waals surface area contributed by atoms with Gasteiger partial charge in [-0.25, -0.2) is 0 Å². The van der Waals surface area contributed by atoms with Crippen molar-refractivity contribution in [3.8, 4) is 0 Å². The van der Waals surface area contributed by atoms with Gasteiger partial charge in [0.05, 0.1) is 17.9 Å². The van der Waals surface area contributed by atoms with Crippen LogP contribution in [0.3, 0.4) is 0 Å². The highest BCUT2D eigenvalue weighted by Crippen LogP contribution is 2.22. The van der Waals surface area contributed by atoms with Gasteiger partial charge in [0.25, 0.3) is 0 Å². The fourth-order valence-electron chi connectivity index (χ4n) is 1.61. The van der Waals surface area contributed by atoms with Crippen LogP contribution in [0.25, 0.3) is 0 Å². The van der Waals surface area contributed by atoms with E-state index in [1.165, 1.54) is 18.3 Å². The van der Waals surface area contributed by atoms with Crippen molar-refractivity contribution in [1.82, 2.24) is 4.57 Å². The molecule has 0 radical (unpaired) electrons. The maximum atomic E-state index is 11.0. The second kappa shape index (κ2) is 4.97. The van der Waals surface area contributed by atoms with E-state index in [9.17, 15) is 9.59 Å². The van der Waals surface area contributed by atoms with Crippen LogP contribution in [0, 0.1) is 0 Å². The smallest absolute Gasteiger partial charge is 0.221 e. The van der Waals surface area contributed by atoms with Gasteiger partial charge in [0.15, 0.2) is 6.29 Å². The second-order valence-electron chi connectivity index (χ2n) is 3.67. The third kappa shape index (κ3) is 2.62. The number of carbonyl (C=O) groups is 2. The van der Waals surface area contributed by atoms with Crippen molar-refractivity contribution in [2.75, 3.05) is 5.32 Å². The molecule has 0 fully saturated rings. The molecule has 0 unspecified atom stereocenters. The Bertz CT molecular complexity index is 542. The van der Waals surface area contributed by atoms with Gasteiger partial charge in [-0.2, -0.15) is 0 Å². The molecule has 0 aliphatic rings. The molecule has 0 bridgehead atoms. The van der Waals surface area contributed by atoms with Crippen LogP contribution in [-0.2, 0) is 11.3 Å². The monoisotopic (exact) mass is 248 g/mol. The van der Waals surface area contributed by atoms with Gasteiger partial charge in [-0.1, -0.05) is 0 Å². The molecule has 0 saturated heterocycles. The lowest BCUT2D eigenvalue weighted by atomic mass is 10.3. The molecule has 17 heavy (non-hydrogen) atoms. The molecule has 0 aliphatic heterocycles. The Morgan fingerprint density at radius 2 is 2.35 bits per heavy atom. The lowest BCUT2D eigenvalue weighted by Crippen LogP contribution is -2.09. The predicted molar refractivity (Wildman–Crippen MR) is 67.5 cm³/mol. The van der Waals surface area contributed by atoms with Crippen LogP contribution in [-0.4, -0.2) is 16.8 Å². The minimum atomic E-state index is -0.0900. The number of hydrogen-bond acceptors (Lipinski definition) is 3. The highest BCUT2D eigenvalue weighted by molar-refractivity contribution is 7.08. The van der Waals surface area contributed by atoms with Crippen LogP contribution < -0.4 is 5.32 Å². The van der Waals surface area contributed by atoms with E-state index in [1.54, 1.807) is 6.07 Å². The van der Waals surface area contributed by atoms with Crippen molar-refractivity contribution in [2.24, 2.45) is 0 Å². The van der Waals surface area contributed by atoms with Crippen LogP contribution >= 0.6 is 11.3 Å². The number of hydrogen-bond donors (Lipinski definition) is 1. The molecule has 2 aromatic heterocycles. The summed E-state index contributed by atoms with van der Waals surface area (Å²) in [4.78, 5) is 21.8. The summed E-state index contributed by atoms with van der Waals surface area (Å²) in [7, 11) is 0. The number of anilines is 1. The van der Waals surface area contributed by atoms with Crippen molar-refractivity contribution >= 4 is 29.2 Å². The summed E-state index contributed by atoms with van der Waals surface area (Å²) >= 11 is 1.53. The van der Waals surface area contributed by atoms with Crippen molar-refractivity contribution in [3.05, 3.63) is 40.3 Å². The molecule has 88 valence electrons. The Balaban J connectivity index is 2.21. The molecule has 2 heterocycles. The summed E-state index contributed by atoms with van der Waals surface area (Å²) in [5, 5.41) is 6.63. The molecule has 1 amide bonds. The molecule has 5 heteroatoms. The third-order valence-electron chi connectivity index (χ3n) is 2.38. The zero-order chi connectivity index (χ0) is 12.3. The van der Waals surface area contributed by atoms with E-state index in [-0.39, 0.29) is 5.91 Å². The van der Waals surface area contributed by atoms with Gasteiger partial charge in [-0.05, 0) is 17.5 Å². The Morgan fingerprint density at radius 3 is 3.06 bits per heavy atom. The first-order chi connectivity index (χ1) is 8.20. The van der Waals surface area contributed by atoms with Gasteiger partial charge in [-0.15, -0.1) is 11.3 Å². The number of thiophene rings is 1. The molecule has 0 spiro atoms. The predicted octanol–water partition coefficient (Wildman–Crippen LogP) is 2.37. The number of nitrogens with zero attached hydrogens (tertiary/aromatic N) is 1. The van der Waals surface area contributed by atoms with Crippen LogP contribution in [0.4, 0.5) is 5.69 Å². The van der Waals surface area contributed by atoms with Gasteiger partial charge in [0.1, 0.15) is 0 Å². The van der Waals surface area contributed by atoms with Crippen LogP contribution in [0.1, 0.15) is 23.0 Å². The van der Waals surface area contributed by atoms with E-state index in [1.807, 2.05) is 27.6 Å². The average molecular weight is 248 g/mol. The standard InChI is InChI=1S/C12H12N2O2S/c1-9(16)13-12-8-17-7-10(12)5-14-4-2-3-11(14)6-15/h2-4,6-8H,5H2,1H3,(H,13,16). The Hall–Kier alpha value is -1.88. The largest absolute Gasteiger partial charge is 0.341 e. The normalized spacial score (nSPS) is 10.2. The summed E-state index contributed by atoms with van der Waals surface area (Å²) in [6.07, 6.45) is 2.67. The number of amides is 1. The number of aldehydes is 1. The summed E-state index contributed by atoms with van der Waals surface area (Å²) in [5.74, 6) is -0.0900. The average Bonchev–Trinajstić information content (AvgIpc) is 2.88. The van der Waals surface area contributed by atoms with Gasteiger partial charge < -0.3 is 9.88 Å². The van der Waals surface area contributed by atoms with Crippen LogP contribution in [0.5, 0.6) is 0 Å². The number of aromatic nitrogens is 1. The molecule has 2 aromatic rings. The topological polar surface area (TPSA) is 51.1 Å². The molecule has 1 N–H and O–H groups in total. The highest BCUT2D eigenvalue weighted by Gasteiger charge is 2.07. The first kappa shape index (κ1) is 11.6. The summed E-state index contributed by atoms with van der Waals surface area (Å²) in [6.45, 7) is 2.06. The first-order valence-corrected chi connectivity index (χ1v) is 6.08. The van der Waals surface area contributed by atoms with E-state index >= 15 is 0 Å². The fourth-order valence-corrected chi connectivity index (χ4v) is 2.39. The fraction of sp³-hybridized carbons (Fsp3) is 0.167. The minimum Gasteiger partial charge on any atom is -0.341 e. The maximum absolute atomic E-state index is 11.0. The number of carbonyl (C=O) groups excluding carboxylic acids is 2. The Kier molecular flexibility index (Phi) is 3.39. The zero-order valence-corrected chi connectivity index (χ0v) is 10.2. The Labute approximate surface area is 103 Å². The van der Waals surface area contributed by atoms with Gasteiger partial charge >= 0.3 is 0 Å².